The predicted octanol–water partition coefficient (Wildman–Crippen LogP) is 0.880. The van der Waals surface area contributed by atoms with Gasteiger partial charge in [-0.1, -0.05) is 0 Å². The fourth-order valence-corrected chi connectivity index (χ4v) is 1.15. The molecule has 1 heterocycles. The number of hydrogen-bond acceptors (Lipinski definition) is 2. The maximum absolute atomic E-state index is 11.2. The van der Waals surface area contributed by atoms with Gasteiger partial charge in [0.05, 0.1) is 0 Å². The Bertz CT molecular complexity index is 314. The fourth-order valence-electron chi connectivity index (χ4n) is 1.15. The Balaban J connectivity index is 3.37. The van der Waals surface area contributed by atoms with Crippen LogP contribution in [0.15, 0.2) is 10.9 Å². The van der Waals surface area contributed by atoms with Crippen molar-refractivity contribution in [2.45, 2.75) is 27.3 Å². The van der Waals surface area contributed by atoms with E-state index in [0.29, 0.717) is 6.54 Å². The van der Waals surface area contributed by atoms with Gasteiger partial charge in [0, 0.05) is 18.3 Å². The van der Waals surface area contributed by atoms with Crippen LogP contribution in [0.1, 0.15) is 18.4 Å². The van der Waals surface area contributed by atoms with Crippen LogP contribution in [0, 0.1) is 13.8 Å². The van der Waals surface area contributed by atoms with Gasteiger partial charge in [-0.3, -0.25) is 9.36 Å². The average molecular weight is 152 g/mol. The van der Waals surface area contributed by atoms with Gasteiger partial charge in [0.25, 0.3) is 5.56 Å². The van der Waals surface area contributed by atoms with Gasteiger partial charge in [0.2, 0.25) is 0 Å². The highest BCUT2D eigenvalue weighted by molar-refractivity contribution is 5.01. The molecule has 3 heteroatoms. The van der Waals surface area contributed by atoms with Crippen LogP contribution >= 0.6 is 0 Å². The Kier molecular flexibility index (Phi) is 2.08. The van der Waals surface area contributed by atoms with Crippen LogP contribution in [-0.4, -0.2) is 9.55 Å². The Labute approximate surface area is 65.7 Å². The van der Waals surface area contributed by atoms with Crippen LogP contribution in [0.5, 0.6) is 0 Å². The minimum atomic E-state index is 0.0394. The first kappa shape index (κ1) is 7.98. The largest absolute Gasteiger partial charge is 0.297 e. The van der Waals surface area contributed by atoms with E-state index in [2.05, 4.69) is 4.98 Å². The average Bonchev–Trinajstić information content (AvgIpc) is 1.85. The Morgan fingerprint density at radius 1 is 1.55 bits per heavy atom. The Morgan fingerprint density at radius 2 is 2.18 bits per heavy atom. The third-order valence-electron chi connectivity index (χ3n) is 1.64. The number of nitrogens with zero attached hydrogens (tertiary/aromatic N) is 2. The van der Waals surface area contributed by atoms with E-state index < -0.39 is 0 Å². The van der Waals surface area contributed by atoms with Crippen molar-refractivity contribution in [2.24, 2.45) is 0 Å². The third-order valence-corrected chi connectivity index (χ3v) is 1.64. The Hall–Kier alpha value is -1.12. The smallest absolute Gasteiger partial charge is 0.253 e. The topological polar surface area (TPSA) is 34.9 Å². The molecule has 0 amide bonds. The van der Waals surface area contributed by atoms with Gasteiger partial charge in [-0.25, -0.2) is 4.98 Å². The summed E-state index contributed by atoms with van der Waals surface area (Å²) in [7, 11) is 0. The molecule has 0 aliphatic carbocycles. The molecule has 1 rings (SSSR count). The summed E-state index contributed by atoms with van der Waals surface area (Å²) in [6.45, 7) is 6.30. The molecule has 3 nitrogen and oxygen atoms in total. The van der Waals surface area contributed by atoms with Crippen LogP contribution in [0.4, 0.5) is 0 Å². The SMILES string of the molecule is CCn1c(C)nc(C)cc1=O. The first-order valence-electron chi connectivity index (χ1n) is 3.70. The minimum Gasteiger partial charge on any atom is -0.297 e. The summed E-state index contributed by atoms with van der Waals surface area (Å²) in [6, 6.07) is 1.55. The number of hydrogen-bond donors (Lipinski definition) is 0. The van der Waals surface area contributed by atoms with E-state index >= 15 is 0 Å². The predicted molar refractivity (Wildman–Crippen MR) is 43.6 cm³/mol. The molecule has 0 spiro atoms. The zero-order valence-corrected chi connectivity index (χ0v) is 7.09. The Morgan fingerprint density at radius 3 is 2.64 bits per heavy atom. The van der Waals surface area contributed by atoms with Gasteiger partial charge in [-0.15, -0.1) is 0 Å². The quantitative estimate of drug-likeness (QED) is 0.598. The van der Waals surface area contributed by atoms with Crippen molar-refractivity contribution in [3.05, 3.63) is 27.9 Å². The highest BCUT2D eigenvalue weighted by Gasteiger charge is 1.98. The van der Waals surface area contributed by atoms with E-state index in [4.69, 9.17) is 0 Å². The van der Waals surface area contributed by atoms with Crippen molar-refractivity contribution in [3.63, 3.8) is 0 Å². The van der Waals surface area contributed by atoms with Crippen molar-refractivity contribution in [2.75, 3.05) is 0 Å². The summed E-state index contributed by atoms with van der Waals surface area (Å²) in [5.74, 6) is 0.789. The molecule has 0 saturated heterocycles. The normalized spacial score (nSPS) is 10.1. The maximum Gasteiger partial charge on any atom is 0.253 e. The molecule has 0 aliphatic rings. The van der Waals surface area contributed by atoms with E-state index in [-0.39, 0.29) is 5.56 Å². The number of aromatic nitrogens is 2. The number of rotatable bonds is 1. The highest BCUT2D eigenvalue weighted by atomic mass is 16.1. The van der Waals surface area contributed by atoms with E-state index in [1.165, 1.54) is 0 Å². The molecule has 0 aliphatic heterocycles. The van der Waals surface area contributed by atoms with E-state index in [9.17, 15) is 4.79 Å². The van der Waals surface area contributed by atoms with Crippen LogP contribution in [0.3, 0.4) is 0 Å². The van der Waals surface area contributed by atoms with Gasteiger partial charge < -0.3 is 0 Å². The van der Waals surface area contributed by atoms with Crippen molar-refractivity contribution in [1.29, 1.82) is 0 Å². The van der Waals surface area contributed by atoms with Gasteiger partial charge in [-0.05, 0) is 20.8 Å². The molecule has 0 bridgehead atoms. The first-order valence-corrected chi connectivity index (χ1v) is 3.70. The van der Waals surface area contributed by atoms with Crippen LogP contribution in [-0.2, 0) is 6.54 Å². The van der Waals surface area contributed by atoms with E-state index in [1.807, 2.05) is 20.8 Å². The third kappa shape index (κ3) is 1.48. The monoisotopic (exact) mass is 152 g/mol. The van der Waals surface area contributed by atoms with Gasteiger partial charge >= 0.3 is 0 Å². The van der Waals surface area contributed by atoms with E-state index in [0.717, 1.165) is 11.5 Å². The molecule has 0 unspecified atom stereocenters. The second-order valence-corrected chi connectivity index (χ2v) is 2.53. The molecule has 11 heavy (non-hydrogen) atoms. The molecule has 0 saturated carbocycles. The number of aryl methyl sites for hydroxylation is 2. The van der Waals surface area contributed by atoms with Gasteiger partial charge in [0.1, 0.15) is 5.82 Å². The lowest BCUT2D eigenvalue weighted by molar-refractivity contribution is 0.669. The van der Waals surface area contributed by atoms with Crippen molar-refractivity contribution >= 4 is 0 Å². The molecule has 1 aromatic rings. The van der Waals surface area contributed by atoms with Crippen molar-refractivity contribution in [3.8, 4) is 0 Å². The van der Waals surface area contributed by atoms with Crippen molar-refractivity contribution < 1.29 is 0 Å². The molecular weight excluding hydrogens is 140 g/mol. The second kappa shape index (κ2) is 2.86. The fraction of sp³-hybridized carbons (Fsp3) is 0.500. The van der Waals surface area contributed by atoms with E-state index in [1.54, 1.807) is 10.6 Å². The summed E-state index contributed by atoms with van der Waals surface area (Å²) in [6.07, 6.45) is 0. The summed E-state index contributed by atoms with van der Waals surface area (Å²) >= 11 is 0. The van der Waals surface area contributed by atoms with Crippen LogP contribution in [0.2, 0.25) is 0 Å². The maximum atomic E-state index is 11.2. The lowest BCUT2D eigenvalue weighted by Crippen LogP contribution is -2.22. The first-order chi connectivity index (χ1) is 5.15. The molecule has 0 N–H and O–H groups in total. The molecular formula is C8H12N2O. The molecule has 1 aromatic heterocycles. The van der Waals surface area contributed by atoms with Crippen LogP contribution in [0.25, 0.3) is 0 Å². The molecule has 60 valence electrons. The van der Waals surface area contributed by atoms with Crippen LogP contribution < -0.4 is 5.56 Å². The summed E-state index contributed by atoms with van der Waals surface area (Å²) in [5.41, 5.74) is 0.828. The summed E-state index contributed by atoms with van der Waals surface area (Å²) in [5, 5.41) is 0. The molecule has 0 fully saturated rings. The molecule has 0 radical (unpaired) electrons. The van der Waals surface area contributed by atoms with Gasteiger partial charge in [-0.2, -0.15) is 0 Å². The summed E-state index contributed by atoms with van der Waals surface area (Å²) in [4.78, 5) is 15.4. The zero-order chi connectivity index (χ0) is 8.43. The minimum absolute atomic E-state index is 0.0394. The van der Waals surface area contributed by atoms with Gasteiger partial charge in [0.15, 0.2) is 0 Å². The second-order valence-electron chi connectivity index (χ2n) is 2.53. The molecule has 0 atom stereocenters. The summed E-state index contributed by atoms with van der Waals surface area (Å²) < 4.78 is 1.65. The highest BCUT2D eigenvalue weighted by Crippen LogP contribution is 1.91. The lowest BCUT2D eigenvalue weighted by atomic mass is 10.4. The zero-order valence-electron chi connectivity index (χ0n) is 7.09. The van der Waals surface area contributed by atoms with Crippen molar-refractivity contribution in [1.82, 2.24) is 9.55 Å². The standard InChI is InChI=1S/C8H12N2O/c1-4-10-7(3)9-6(2)5-8(10)11/h5H,4H2,1-3H3. The molecule has 0 aromatic carbocycles. The lowest BCUT2D eigenvalue weighted by Gasteiger charge is -2.04.